The van der Waals surface area contributed by atoms with Gasteiger partial charge in [-0.1, -0.05) is 462 Å². The van der Waals surface area contributed by atoms with Crippen molar-refractivity contribution >= 4 is 88.7 Å². The van der Waals surface area contributed by atoms with Gasteiger partial charge in [-0.15, -0.1) is 17.7 Å². The normalized spacial score (nSPS) is 10.9. The van der Waals surface area contributed by atoms with Crippen molar-refractivity contribution in [2.24, 2.45) is 0 Å². The molecule has 19 aromatic rings. The van der Waals surface area contributed by atoms with Crippen molar-refractivity contribution < 1.29 is 66.7 Å². The first-order valence-electron chi connectivity index (χ1n) is 48.9. The van der Waals surface area contributed by atoms with E-state index in [1.807, 2.05) is 183 Å². The molecule has 0 saturated carbocycles. The second kappa shape index (κ2) is 54.5. The third kappa shape index (κ3) is 29.0. The van der Waals surface area contributed by atoms with E-state index in [0.29, 0.717) is 35.2 Å². The molecule has 0 bridgehead atoms. The van der Waals surface area contributed by atoms with Crippen molar-refractivity contribution in [2.75, 3.05) is 0 Å². The van der Waals surface area contributed by atoms with Crippen LogP contribution in [-0.4, -0.2) is 19.1 Å². The first-order chi connectivity index (χ1) is 69.6. The molecule has 735 valence electrons. The summed E-state index contributed by atoms with van der Waals surface area (Å²) in [5.74, 6) is 7.41. The molecule has 0 aliphatic heterocycles. The van der Waals surface area contributed by atoms with Crippen LogP contribution in [0.15, 0.2) is 449 Å². The molecular weight excluding hydrogens is 2220 g/mol. The van der Waals surface area contributed by atoms with Gasteiger partial charge in [-0.2, -0.15) is 0 Å². The number of aromatic nitrogens is 4. The Balaban J connectivity index is 0.000000159. The van der Waals surface area contributed by atoms with Gasteiger partial charge in [-0.25, -0.2) is 4.98 Å². The molecule has 0 aliphatic rings. The van der Waals surface area contributed by atoms with Gasteiger partial charge in [-0.3, -0.25) is 23.1 Å². The Morgan fingerprint density at radius 2 is 0.510 bits per heavy atom. The van der Waals surface area contributed by atoms with E-state index >= 15 is 0 Å². The molecule has 0 atom stereocenters. The molecule has 2 aromatic heterocycles. The second-order valence-electron chi connectivity index (χ2n) is 36.4. The van der Waals surface area contributed by atoms with Gasteiger partial charge in [0.1, 0.15) is 28.8 Å². The molecule has 1 radical (unpaired) electrons. The molecule has 0 saturated heterocycles. The van der Waals surface area contributed by atoms with Gasteiger partial charge in [0.05, 0.1) is 11.5 Å². The molecule has 17 heteroatoms. The van der Waals surface area contributed by atoms with Crippen LogP contribution in [0.4, 0.5) is 0 Å². The van der Waals surface area contributed by atoms with Crippen LogP contribution in [0.5, 0.6) is 34.5 Å². The second-order valence-corrected chi connectivity index (χ2v) is 45.1. The van der Waals surface area contributed by atoms with E-state index in [2.05, 4.69) is 392 Å². The number of aryl methyl sites for hydroxylation is 8. The first-order valence-corrected chi connectivity index (χ1v) is 55.3. The fourth-order valence-corrected chi connectivity index (χ4v) is 26.8. The summed E-state index contributed by atoms with van der Waals surface area (Å²) >= 11 is 0. The van der Waals surface area contributed by atoms with Crippen LogP contribution in [0, 0.1) is 61.5 Å². The maximum absolute atomic E-state index is 6.53. The van der Waals surface area contributed by atoms with Gasteiger partial charge in [0.25, 0.3) is 0 Å². The number of nitrogens with zero attached hydrogens (tertiary/aromatic N) is 4. The molecule has 145 heavy (non-hydrogen) atoms. The molecule has 2 heterocycles. The van der Waals surface area contributed by atoms with E-state index in [4.69, 9.17) is 37.1 Å². The minimum atomic E-state index is -2.33. The maximum Gasteiger partial charge on any atom is 1.00 e. The molecule has 0 fully saturated rings. The van der Waals surface area contributed by atoms with Crippen molar-refractivity contribution in [3.8, 4) is 68.6 Å². The van der Waals surface area contributed by atoms with Gasteiger partial charge in [-0.05, 0) is 229 Å². The molecule has 17 aromatic carbocycles. The van der Waals surface area contributed by atoms with Crippen LogP contribution >= 0.6 is 41.0 Å². The Hall–Kier alpha value is -12.6. The van der Waals surface area contributed by atoms with Crippen molar-refractivity contribution in [1.82, 2.24) is 19.1 Å². The van der Waals surface area contributed by atoms with Gasteiger partial charge < -0.3 is 18.1 Å². The summed E-state index contributed by atoms with van der Waals surface area (Å²) in [6.07, 6.45) is 7.80. The standard InChI is InChI=1S/2C37H41N2O3P.3C18H15P.2Os/c2*1-24(2)32-19-12-20-33(25(3)4)34(32)39-22-21-38-37(39)30-17-11-18-31(23-30)40-43(41-35-26(5)13-9-14-27(35)6)42-36-28(7)15-10-16-29(36)8;3*1-4-10-16(11-5-1)19(17-12-6-2-7-13-17)18-14-8-3-9-15-18;;/h9-22,24-25,43H,1-8H3;9-25H,1-8H3;3*1-15H;;/q;;;;;;+1. The average Bonchev–Trinajstić information content (AvgIpc) is 1.69. The Labute approximate surface area is 892 Å². The van der Waals surface area contributed by atoms with E-state index in [-0.39, 0.29) is 39.6 Å². The molecular formula is C128H127N4O6Os2P5+. The quantitative estimate of drug-likeness (QED) is 0.0338. The number of hydrogen-bond donors (Lipinski definition) is 0. The van der Waals surface area contributed by atoms with Crippen LogP contribution in [0.3, 0.4) is 0 Å². The number of benzene rings is 17. The van der Waals surface area contributed by atoms with Crippen LogP contribution in [0.1, 0.15) is 146 Å². The van der Waals surface area contributed by atoms with E-state index in [0.717, 1.165) is 90.3 Å². The zero-order valence-electron chi connectivity index (χ0n) is 85.3. The first kappa shape index (κ1) is 110. The van der Waals surface area contributed by atoms with Crippen molar-refractivity contribution in [2.45, 2.75) is 134 Å². The third-order valence-corrected chi connectivity index (χ3v) is 33.9. The number of imidazole rings is 2. The molecule has 0 spiro atoms. The predicted molar refractivity (Wildman–Crippen MR) is 611 cm³/mol. The monoisotopic (exact) mass is 2350 g/mol. The average molecular weight is 2350 g/mol. The summed E-state index contributed by atoms with van der Waals surface area (Å²) in [5.41, 5.74) is 17.6. The summed E-state index contributed by atoms with van der Waals surface area (Å²) in [6.45, 7) is 34.2. The fraction of sp³-hybridized carbons (Fsp3) is 0.156. The molecule has 0 aliphatic carbocycles. The Morgan fingerprint density at radius 3 is 0.793 bits per heavy atom. The van der Waals surface area contributed by atoms with E-state index in [1.165, 1.54) is 81.4 Å². The van der Waals surface area contributed by atoms with E-state index in [1.54, 1.807) is 0 Å². The van der Waals surface area contributed by atoms with Crippen molar-refractivity contribution in [1.29, 1.82) is 0 Å². The van der Waals surface area contributed by atoms with E-state index < -0.39 is 41.0 Å². The van der Waals surface area contributed by atoms with Gasteiger partial charge in [0.15, 0.2) is 11.5 Å². The van der Waals surface area contributed by atoms with Crippen LogP contribution in [0.2, 0.25) is 0 Å². The van der Waals surface area contributed by atoms with Crippen LogP contribution < -0.4 is 74.9 Å². The SMILES string of the molecule is Cc1cccc(C)c1OP(Oc1cccc(-c2nccn2-c2c(C(C)C)cccc2C(C)C)c1)Oc1c(C)cccc1C.Cc1cccc(C)c1O[PH+](Oc1[c-]c(-c2nccn2-c2c(C(C)C)cccc2C(C)C)ccc1)Oc1c(C)cccc1C.[Os+].[Os].c1ccc(P(c2ccccc2)c2ccccc2)cc1.c1ccc(P(c2ccccc2)c2ccccc2)cc1.c1ccc(P(c2ccccc2)c2ccccc2)cc1. The zero-order valence-corrected chi connectivity index (χ0v) is 94.9. The summed E-state index contributed by atoms with van der Waals surface area (Å²) < 4.78 is 43.5. The van der Waals surface area contributed by atoms with Crippen molar-refractivity contribution in [3.05, 3.63) is 522 Å². The summed E-state index contributed by atoms with van der Waals surface area (Å²) in [5, 5.41) is 12.6. The molecule has 0 amide bonds. The number of rotatable bonds is 29. The molecule has 0 N–H and O–H groups in total. The minimum absolute atomic E-state index is 0. The molecule has 10 nitrogen and oxygen atoms in total. The van der Waals surface area contributed by atoms with Gasteiger partial charge in [0, 0.05) is 55.8 Å². The van der Waals surface area contributed by atoms with Gasteiger partial charge >= 0.3 is 37.0 Å². The van der Waals surface area contributed by atoms with Gasteiger partial charge in [0.2, 0.25) is 0 Å². The van der Waals surface area contributed by atoms with E-state index in [9.17, 15) is 0 Å². The number of para-hydroxylation sites is 6. The van der Waals surface area contributed by atoms with Crippen LogP contribution in [0.25, 0.3) is 34.2 Å². The smallest absolute Gasteiger partial charge is 0.408 e. The summed E-state index contributed by atoms with van der Waals surface area (Å²) in [6, 6.07) is 152. The maximum atomic E-state index is 6.53. The Kier molecular flexibility index (Phi) is 41.2. The molecule has 19 rings (SSSR count). The fourth-order valence-electron chi connectivity index (χ4n) is 17.2. The Morgan fingerprint density at radius 1 is 0.262 bits per heavy atom. The molecule has 0 unspecified atom stereocenters. The zero-order chi connectivity index (χ0) is 100. The largest absolute Gasteiger partial charge is 1.00 e. The van der Waals surface area contributed by atoms with Crippen LogP contribution in [-0.2, 0) is 39.6 Å². The van der Waals surface area contributed by atoms with Crippen molar-refractivity contribution in [3.63, 3.8) is 0 Å². The minimum Gasteiger partial charge on any atom is -0.408 e. The third-order valence-electron chi connectivity index (χ3n) is 24.4. The topological polar surface area (TPSA) is 91.0 Å². The summed E-state index contributed by atoms with van der Waals surface area (Å²) in [7, 11) is -5.50. The summed E-state index contributed by atoms with van der Waals surface area (Å²) in [4.78, 5) is 9.60. The predicted octanol–water partition coefficient (Wildman–Crippen LogP) is 31.4. The Bertz CT molecular complexity index is 6180. The number of hydrogen-bond acceptors (Lipinski definition) is 8.